The van der Waals surface area contributed by atoms with Crippen LogP contribution in [0.3, 0.4) is 0 Å². The minimum atomic E-state index is -0.407. The van der Waals surface area contributed by atoms with Crippen molar-refractivity contribution in [2.45, 2.75) is 0 Å². The van der Waals surface area contributed by atoms with Crippen LogP contribution in [-0.4, -0.2) is 16.2 Å². The zero-order valence-electron chi connectivity index (χ0n) is 10.9. The average Bonchev–Trinajstić information content (AvgIpc) is 3.02. The molecule has 0 aliphatic rings. The number of oxazole rings is 1. The van der Waals surface area contributed by atoms with Crippen molar-refractivity contribution in [2.75, 3.05) is 5.43 Å². The van der Waals surface area contributed by atoms with Gasteiger partial charge in [0.15, 0.2) is 12.2 Å². The Morgan fingerprint density at radius 3 is 2.71 bits per heavy atom. The van der Waals surface area contributed by atoms with Crippen LogP contribution in [0.5, 0.6) is 0 Å². The fourth-order valence-electron chi connectivity index (χ4n) is 1.76. The van der Waals surface area contributed by atoms with Crippen LogP contribution in [-0.2, 0) is 0 Å². The molecular formula is C15H11FN4O. The van der Waals surface area contributed by atoms with E-state index in [4.69, 9.17) is 4.42 Å². The average molecular weight is 282 g/mol. The standard InChI is InChI=1S/C15H11FN4O/c16-14-7-12(1-2-13(14)15-9-18-10-21-15)20-19-8-11-3-5-17-6-4-11/h1-10,20H. The van der Waals surface area contributed by atoms with Crippen molar-refractivity contribution in [3.05, 3.63) is 66.7 Å². The van der Waals surface area contributed by atoms with Gasteiger partial charge in [0.05, 0.1) is 23.7 Å². The largest absolute Gasteiger partial charge is 0.443 e. The quantitative estimate of drug-likeness (QED) is 0.589. The van der Waals surface area contributed by atoms with Crippen LogP contribution in [0.2, 0.25) is 0 Å². The highest BCUT2D eigenvalue weighted by atomic mass is 19.1. The number of nitrogens with one attached hydrogen (secondary N) is 1. The van der Waals surface area contributed by atoms with Crippen LogP contribution in [0.25, 0.3) is 11.3 Å². The maximum absolute atomic E-state index is 14.0. The number of hydrazone groups is 1. The third-order valence-electron chi connectivity index (χ3n) is 2.78. The molecule has 0 bridgehead atoms. The van der Waals surface area contributed by atoms with Crippen LogP contribution in [0, 0.1) is 5.82 Å². The Morgan fingerprint density at radius 2 is 2.00 bits per heavy atom. The molecule has 0 aliphatic heterocycles. The van der Waals surface area contributed by atoms with Gasteiger partial charge in [-0.25, -0.2) is 9.37 Å². The number of pyridine rings is 1. The first-order chi connectivity index (χ1) is 10.3. The van der Waals surface area contributed by atoms with Crippen LogP contribution in [0.1, 0.15) is 5.56 Å². The second-order valence-corrected chi connectivity index (χ2v) is 4.21. The van der Waals surface area contributed by atoms with Gasteiger partial charge in [-0.2, -0.15) is 5.10 Å². The number of halogens is 1. The normalized spacial score (nSPS) is 10.9. The lowest BCUT2D eigenvalue weighted by Gasteiger charge is -2.03. The number of rotatable bonds is 4. The molecule has 0 saturated carbocycles. The van der Waals surface area contributed by atoms with Crippen LogP contribution >= 0.6 is 0 Å². The van der Waals surface area contributed by atoms with E-state index in [-0.39, 0.29) is 0 Å². The minimum Gasteiger partial charge on any atom is -0.443 e. The number of hydrogen-bond donors (Lipinski definition) is 1. The summed E-state index contributed by atoms with van der Waals surface area (Å²) in [5, 5.41) is 4.04. The third-order valence-corrected chi connectivity index (χ3v) is 2.78. The Bertz CT molecular complexity index is 742. The minimum absolute atomic E-state index is 0.358. The number of benzene rings is 1. The molecule has 0 unspecified atom stereocenters. The van der Waals surface area contributed by atoms with Crippen molar-refractivity contribution in [3.63, 3.8) is 0 Å². The molecule has 2 aromatic heterocycles. The fourth-order valence-corrected chi connectivity index (χ4v) is 1.76. The molecule has 0 saturated heterocycles. The number of anilines is 1. The van der Waals surface area contributed by atoms with Gasteiger partial charge in [-0.3, -0.25) is 10.4 Å². The first-order valence-electron chi connectivity index (χ1n) is 6.20. The number of nitrogens with zero attached hydrogens (tertiary/aromatic N) is 3. The van der Waals surface area contributed by atoms with Crippen molar-refractivity contribution >= 4 is 11.9 Å². The van der Waals surface area contributed by atoms with E-state index in [0.717, 1.165) is 5.56 Å². The molecule has 0 aliphatic carbocycles. The Hall–Kier alpha value is -3.02. The van der Waals surface area contributed by atoms with Crippen molar-refractivity contribution in [3.8, 4) is 11.3 Å². The molecule has 3 aromatic rings. The van der Waals surface area contributed by atoms with Crippen LogP contribution < -0.4 is 5.43 Å². The van der Waals surface area contributed by atoms with Crippen molar-refractivity contribution < 1.29 is 8.81 Å². The van der Waals surface area contributed by atoms with Crippen molar-refractivity contribution in [1.82, 2.24) is 9.97 Å². The molecule has 5 nitrogen and oxygen atoms in total. The monoisotopic (exact) mass is 282 g/mol. The van der Waals surface area contributed by atoms with Gasteiger partial charge < -0.3 is 4.42 Å². The van der Waals surface area contributed by atoms with Crippen LogP contribution in [0.4, 0.5) is 10.1 Å². The van der Waals surface area contributed by atoms with E-state index in [1.54, 1.807) is 30.7 Å². The Morgan fingerprint density at radius 1 is 1.14 bits per heavy atom. The molecule has 0 spiro atoms. The first kappa shape index (κ1) is 13.0. The lowest BCUT2D eigenvalue weighted by atomic mass is 10.1. The van der Waals surface area contributed by atoms with Gasteiger partial charge in [0.25, 0.3) is 0 Å². The fraction of sp³-hybridized carbons (Fsp3) is 0. The molecule has 1 N–H and O–H groups in total. The van der Waals surface area contributed by atoms with Gasteiger partial charge in [-0.15, -0.1) is 0 Å². The van der Waals surface area contributed by atoms with Gasteiger partial charge in [0.1, 0.15) is 5.82 Å². The van der Waals surface area contributed by atoms with E-state index in [1.165, 1.54) is 18.7 Å². The molecule has 1 aromatic carbocycles. The lowest BCUT2D eigenvalue weighted by molar-refractivity contribution is 0.561. The van der Waals surface area contributed by atoms with E-state index in [9.17, 15) is 4.39 Å². The maximum Gasteiger partial charge on any atom is 0.181 e. The van der Waals surface area contributed by atoms with Gasteiger partial charge in [-0.05, 0) is 35.9 Å². The van der Waals surface area contributed by atoms with E-state index in [1.807, 2.05) is 12.1 Å². The number of aromatic nitrogens is 2. The topological polar surface area (TPSA) is 63.3 Å². The summed E-state index contributed by atoms with van der Waals surface area (Å²) in [4.78, 5) is 7.68. The number of hydrogen-bond acceptors (Lipinski definition) is 5. The SMILES string of the molecule is Fc1cc(NN=Cc2ccncc2)ccc1-c1cnco1. The zero-order chi connectivity index (χ0) is 14.5. The van der Waals surface area contributed by atoms with Crippen molar-refractivity contribution in [1.29, 1.82) is 0 Å². The molecule has 0 amide bonds. The van der Waals surface area contributed by atoms with E-state index in [0.29, 0.717) is 17.0 Å². The summed E-state index contributed by atoms with van der Waals surface area (Å²) in [5.41, 5.74) is 4.57. The highest BCUT2D eigenvalue weighted by molar-refractivity contribution is 5.79. The summed E-state index contributed by atoms with van der Waals surface area (Å²) < 4.78 is 19.0. The van der Waals surface area contributed by atoms with Crippen LogP contribution in [0.15, 0.2) is 64.8 Å². The molecule has 0 atom stereocenters. The highest BCUT2D eigenvalue weighted by Gasteiger charge is 2.08. The highest BCUT2D eigenvalue weighted by Crippen LogP contribution is 2.24. The molecule has 2 heterocycles. The Labute approximate surface area is 120 Å². The van der Waals surface area contributed by atoms with E-state index >= 15 is 0 Å². The van der Waals surface area contributed by atoms with Gasteiger partial charge >= 0.3 is 0 Å². The first-order valence-corrected chi connectivity index (χ1v) is 6.20. The second-order valence-electron chi connectivity index (χ2n) is 4.21. The third kappa shape index (κ3) is 3.11. The predicted octanol–water partition coefficient (Wildman–Crippen LogP) is 3.32. The molecule has 21 heavy (non-hydrogen) atoms. The summed E-state index contributed by atoms with van der Waals surface area (Å²) in [6.45, 7) is 0. The Balaban J connectivity index is 1.73. The molecule has 104 valence electrons. The predicted molar refractivity (Wildman–Crippen MR) is 77.4 cm³/mol. The molecule has 0 radical (unpaired) electrons. The van der Waals surface area contributed by atoms with Gasteiger partial charge in [0.2, 0.25) is 0 Å². The van der Waals surface area contributed by atoms with Gasteiger partial charge in [-0.1, -0.05) is 0 Å². The summed E-state index contributed by atoms with van der Waals surface area (Å²) in [6, 6.07) is 8.31. The maximum atomic E-state index is 14.0. The molecule has 0 fully saturated rings. The summed E-state index contributed by atoms with van der Waals surface area (Å²) in [6.07, 6.45) is 7.71. The zero-order valence-corrected chi connectivity index (χ0v) is 10.9. The van der Waals surface area contributed by atoms with Crippen molar-refractivity contribution in [2.24, 2.45) is 5.10 Å². The summed E-state index contributed by atoms with van der Waals surface area (Å²) in [5.74, 6) is -0.0183. The molecular weight excluding hydrogens is 271 g/mol. The van der Waals surface area contributed by atoms with E-state index in [2.05, 4.69) is 20.5 Å². The molecule has 6 heteroatoms. The lowest BCUT2D eigenvalue weighted by Crippen LogP contribution is -1.92. The Kier molecular flexibility index (Phi) is 3.68. The summed E-state index contributed by atoms with van der Waals surface area (Å²) >= 11 is 0. The second kappa shape index (κ2) is 5.96. The van der Waals surface area contributed by atoms with E-state index < -0.39 is 5.82 Å². The van der Waals surface area contributed by atoms with Gasteiger partial charge in [0, 0.05) is 12.4 Å². The smallest absolute Gasteiger partial charge is 0.181 e. The molecule has 3 rings (SSSR count). The summed E-state index contributed by atoms with van der Waals surface area (Å²) in [7, 11) is 0.